The van der Waals surface area contributed by atoms with Crippen LogP contribution in [0.4, 0.5) is 4.79 Å². The van der Waals surface area contributed by atoms with Crippen molar-refractivity contribution in [3.05, 3.63) is 35.9 Å². The Labute approximate surface area is 392 Å². The van der Waals surface area contributed by atoms with Crippen LogP contribution in [0.25, 0.3) is 0 Å². The Hall–Kier alpha value is -6.15. The summed E-state index contributed by atoms with van der Waals surface area (Å²) in [6.45, 7) is 10.0. The van der Waals surface area contributed by atoms with Crippen LogP contribution in [-0.2, 0) is 54.3 Å². The maximum atomic E-state index is 13.8. The summed E-state index contributed by atoms with van der Waals surface area (Å²) in [4.78, 5) is 132. The first-order valence-corrected chi connectivity index (χ1v) is 21.7. The number of amides is 8. The van der Waals surface area contributed by atoms with Crippen molar-refractivity contribution in [2.24, 2.45) is 16.5 Å². The number of carboxylic acid groups (broad SMARTS) is 1. The van der Waals surface area contributed by atoms with Gasteiger partial charge in [0.1, 0.15) is 53.9 Å². The number of hydrogen-bond acceptors (Lipinski definition) is 14. The summed E-state index contributed by atoms with van der Waals surface area (Å²) in [5.74, 6) is -8.33. The van der Waals surface area contributed by atoms with Gasteiger partial charge in [-0.05, 0) is 66.9 Å². The minimum atomic E-state index is -1.66. The fourth-order valence-electron chi connectivity index (χ4n) is 5.52. The van der Waals surface area contributed by atoms with Gasteiger partial charge in [0.2, 0.25) is 46.5 Å². The normalized spacial score (nSPS) is 15.1. The SMILES string of the molecule is C[C@H](NC(=O)OC(C)(C)C)C(=O)N[C@@H](C)C(=O)N[C@H](C(=O)N[C@@H](CS)C(=O)N[C@@H](Cc1ccccc1)C(=O)N[C@@H](C)C(=O)N[C@@H](CCCN=C(N)N)C(=O)N[C@@H](CC(=O)O)C(=O)S)[C@@H](C)O. The molecule has 1 aromatic rings. The van der Waals surface area contributed by atoms with Crippen molar-refractivity contribution >= 4 is 89.7 Å². The summed E-state index contributed by atoms with van der Waals surface area (Å²) in [5.41, 5.74) is 10.5. The summed E-state index contributed by atoms with van der Waals surface area (Å²) >= 11 is 7.81. The van der Waals surface area contributed by atoms with Crippen molar-refractivity contribution in [3.63, 3.8) is 0 Å². The van der Waals surface area contributed by atoms with Crippen LogP contribution in [0.1, 0.15) is 73.3 Å². The van der Waals surface area contributed by atoms with Crippen LogP contribution >= 0.6 is 25.3 Å². The summed E-state index contributed by atoms with van der Waals surface area (Å²) < 4.78 is 5.12. The Balaban J connectivity index is 3.18. The molecule has 0 aliphatic heterocycles. The molecule has 0 heterocycles. The molecular formula is C40H63N11O13S2. The number of carboxylic acids is 1. The lowest BCUT2D eigenvalue weighted by molar-refractivity contribution is -0.139. The molecule has 8 amide bonds. The first-order chi connectivity index (χ1) is 30.6. The van der Waals surface area contributed by atoms with Gasteiger partial charge in [0.25, 0.3) is 0 Å². The Bertz CT molecular complexity index is 1910. The molecule has 26 heteroatoms. The molecule has 66 heavy (non-hydrogen) atoms. The number of hydrogen-bond donors (Lipinski definition) is 14. The molecule has 0 aromatic heterocycles. The van der Waals surface area contributed by atoms with E-state index in [-0.39, 0.29) is 37.5 Å². The fraction of sp³-hybridized carbons (Fsp3) is 0.575. The molecule has 9 atom stereocenters. The lowest BCUT2D eigenvalue weighted by atomic mass is 10.0. The lowest BCUT2D eigenvalue weighted by Crippen LogP contribution is -2.61. The van der Waals surface area contributed by atoms with Gasteiger partial charge in [-0.25, -0.2) is 4.79 Å². The highest BCUT2D eigenvalue weighted by Crippen LogP contribution is 2.09. The number of benzene rings is 1. The smallest absolute Gasteiger partial charge is 0.408 e. The summed E-state index contributed by atoms with van der Waals surface area (Å²) in [6, 6.07) is -2.80. The second-order valence-electron chi connectivity index (χ2n) is 16.1. The quantitative estimate of drug-likeness (QED) is 0.0189. The van der Waals surface area contributed by atoms with Gasteiger partial charge in [-0.1, -0.05) is 30.3 Å². The molecule has 0 unspecified atom stereocenters. The van der Waals surface area contributed by atoms with Crippen LogP contribution in [-0.4, -0.2) is 147 Å². The third-order valence-electron chi connectivity index (χ3n) is 9.00. The first kappa shape index (κ1) is 57.9. The lowest BCUT2D eigenvalue weighted by Gasteiger charge is -2.27. The van der Waals surface area contributed by atoms with Crippen LogP contribution in [0.5, 0.6) is 0 Å². The van der Waals surface area contributed by atoms with Crippen molar-refractivity contribution in [2.45, 2.75) is 134 Å². The molecule has 14 N–H and O–H groups in total. The van der Waals surface area contributed by atoms with Crippen molar-refractivity contribution in [3.8, 4) is 0 Å². The number of aliphatic carboxylic acids is 1. The van der Waals surface area contributed by atoms with Gasteiger partial charge in [0.05, 0.1) is 12.5 Å². The minimum absolute atomic E-state index is 0.0392. The molecule has 0 fully saturated rings. The average molecular weight is 970 g/mol. The van der Waals surface area contributed by atoms with Crippen LogP contribution in [0.15, 0.2) is 35.3 Å². The molecule has 0 radical (unpaired) electrons. The zero-order chi connectivity index (χ0) is 50.5. The number of guanidine groups is 1. The molecule has 0 aliphatic carbocycles. The number of nitrogens with one attached hydrogen (secondary N) is 8. The van der Waals surface area contributed by atoms with Crippen molar-refractivity contribution < 1.29 is 62.9 Å². The zero-order valence-corrected chi connectivity index (χ0v) is 39.5. The van der Waals surface area contributed by atoms with Crippen molar-refractivity contribution in [2.75, 3.05) is 12.3 Å². The first-order valence-electron chi connectivity index (χ1n) is 20.6. The van der Waals surface area contributed by atoms with Gasteiger partial charge in [-0.3, -0.25) is 48.1 Å². The molecule has 0 aliphatic rings. The second-order valence-corrected chi connectivity index (χ2v) is 16.9. The van der Waals surface area contributed by atoms with E-state index in [2.05, 4.69) is 72.8 Å². The topological polar surface area (TPSA) is 381 Å². The monoisotopic (exact) mass is 969 g/mol. The number of carbonyl (C=O) groups excluding carboxylic acids is 9. The number of rotatable bonds is 26. The number of alkyl carbamates (subject to hydrolysis) is 1. The largest absolute Gasteiger partial charge is 0.481 e. The van der Waals surface area contributed by atoms with Gasteiger partial charge < -0.3 is 69.0 Å². The van der Waals surface area contributed by atoms with Gasteiger partial charge in [-0.2, -0.15) is 12.6 Å². The van der Waals surface area contributed by atoms with Crippen LogP contribution in [0.2, 0.25) is 0 Å². The van der Waals surface area contributed by atoms with E-state index in [1.54, 1.807) is 51.1 Å². The number of nitrogens with two attached hydrogens (primary N) is 2. The Kier molecular flexibility index (Phi) is 24.6. The predicted octanol–water partition coefficient (Wildman–Crippen LogP) is -3.13. The van der Waals surface area contributed by atoms with Gasteiger partial charge >= 0.3 is 12.1 Å². The van der Waals surface area contributed by atoms with Crippen molar-refractivity contribution in [1.82, 2.24) is 42.5 Å². The Morgan fingerprint density at radius 1 is 0.667 bits per heavy atom. The van der Waals surface area contributed by atoms with Crippen LogP contribution < -0.4 is 54.0 Å². The van der Waals surface area contributed by atoms with E-state index in [4.69, 9.17) is 21.3 Å². The highest BCUT2D eigenvalue weighted by atomic mass is 32.1. The third kappa shape index (κ3) is 22.2. The number of aliphatic imine (C=N–C) groups is 1. The minimum Gasteiger partial charge on any atom is -0.481 e. The van der Waals surface area contributed by atoms with Crippen LogP contribution in [0, 0.1) is 0 Å². The van der Waals surface area contributed by atoms with E-state index >= 15 is 0 Å². The molecular weight excluding hydrogens is 907 g/mol. The number of carbonyl (C=O) groups is 10. The molecule has 1 aromatic carbocycles. The van der Waals surface area contributed by atoms with Crippen LogP contribution in [0.3, 0.4) is 0 Å². The third-order valence-corrected chi connectivity index (χ3v) is 9.67. The Morgan fingerprint density at radius 2 is 1.14 bits per heavy atom. The van der Waals surface area contributed by atoms with E-state index in [0.29, 0.717) is 5.56 Å². The number of ether oxygens (including phenoxy) is 1. The molecule has 1 rings (SSSR count). The number of aliphatic hydroxyl groups is 1. The number of thiol groups is 2. The highest BCUT2D eigenvalue weighted by molar-refractivity contribution is 7.96. The number of nitrogens with zero attached hydrogens (tertiary/aromatic N) is 1. The van der Waals surface area contributed by atoms with E-state index < -0.39 is 125 Å². The van der Waals surface area contributed by atoms with Gasteiger partial charge in [-0.15, -0.1) is 12.6 Å². The molecule has 0 saturated heterocycles. The van der Waals surface area contributed by atoms with Gasteiger partial charge in [0, 0.05) is 18.7 Å². The Morgan fingerprint density at radius 3 is 1.65 bits per heavy atom. The summed E-state index contributed by atoms with van der Waals surface area (Å²) in [5, 5.41) is 37.8. The zero-order valence-electron chi connectivity index (χ0n) is 37.7. The summed E-state index contributed by atoms with van der Waals surface area (Å²) in [7, 11) is 0. The fourth-order valence-corrected chi connectivity index (χ4v) is 5.93. The molecule has 368 valence electrons. The van der Waals surface area contributed by atoms with E-state index in [0.717, 1.165) is 0 Å². The number of aliphatic hydroxyl groups excluding tert-OH is 1. The van der Waals surface area contributed by atoms with E-state index in [1.807, 2.05) is 0 Å². The van der Waals surface area contributed by atoms with Gasteiger partial charge in [0.15, 0.2) is 5.96 Å². The maximum absolute atomic E-state index is 13.8. The molecule has 0 spiro atoms. The molecule has 0 bridgehead atoms. The average Bonchev–Trinajstić information content (AvgIpc) is 3.20. The van der Waals surface area contributed by atoms with Crippen molar-refractivity contribution in [1.29, 1.82) is 0 Å². The predicted molar refractivity (Wildman–Crippen MR) is 246 cm³/mol. The maximum Gasteiger partial charge on any atom is 0.408 e. The standard InChI is InChI=1S/C40H63N11O13S2/c1-19(31(56)47-24(14-11-15-43-38(41)42)33(58)49-26(37(62)66)17-28(53)54)45-34(59)25(16-23-12-9-8-10-13-23)48-35(60)27(18-65)50-36(61)29(22(4)52)51-32(57)20(2)44-30(55)21(3)46-39(63)64-40(5,6)7/h8-10,12-13,19-22,24-27,29,52,65H,11,14-18H2,1-7H3,(H,44,55)(H,45,59)(H,46,63)(H,47,56)(H,48,60)(H,49,58)(H,50,61)(H,51,57)(H,53,54)(H,62,66)(H4,41,42,43)/t19-,20-,21-,22+,24-,25-,26-,27-,29-/m0/s1. The van der Waals surface area contributed by atoms with E-state index in [9.17, 15) is 53.1 Å². The molecule has 0 saturated carbocycles. The highest BCUT2D eigenvalue weighted by Gasteiger charge is 2.34. The molecule has 24 nitrogen and oxygen atoms in total. The summed E-state index contributed by atoms with van der Waals surface area (Å²) in [6.07, 6.45) is -3.27. The van der Waals surface area contributed by atoms with E-state index in [1.165, 1.54) is 27.7 Å². The second kappa shape index (κ2) is 28.0.